The summed E-state index contributed by atoms with van der Waals surface area (Å²) in [4.78, 5) is 13.6. The van der Waals surface area contributed by atoms with Gasteiger partial charge in [-0.05, 0) is 12.5 Å². The first kappa shape index (κ1) is 15.9. The molecule has 0 radical (unpaired) electrons. The van der Waals surface area contributed by atoms with Crippen LogP contribution in [0.5, 0.6) is 0 Å². The minimum absolute atomic E-state index is 0.0635. The standard InChI is InChI=1S/C9H10ClN3O6S2/c10-8-2-1-7(13(14)15)9(11-8)12-21(18,19)6-3-4-20(16,17)5-6/h1-2,6H,3-5H2,(H,11,12). The number of sulfonamides is 1. The summed E-state index contributed by atoms with van der Waals surface area (Å²) in [5, 5.41) is 9.54. The van der Waals surface area contributed by atoms with Crippen LogP contribution in [-0.2, 0) is 19.9 Å². The number of nitrogens with zero attached hydrogens (tertiary/aromatic N) is 2. The quantitative estimate of drug-likeness (QED) is 0.473. The van der Waals surface area contributed by atoms with Crippen molar-refractivity contribution in [3.63, 3.8) is 0 Å². The number of halogens is 1. The Labute approximate surface area is 125 Å². The van der Waals surface area contributed by atoms with E-state index in [4.69, 9.17) is 11.6 Å². The zero-order valence-electron chi connectivity index (χ0n) is 10.4. The van der Waals surface area contributed by atoms with E-state index >= 15 is 0 Å². The lowest BCUT2D eigenvalue weighted by Gasteiger charge is -2.12. The highest BCUT2D eigenvalue weighted by Crippen LogP contribution is 2.27. The van der Waals surface area contributed by atoms with Crippen LogP contribution in [0.4, 0.5) is 11.5 Å². The van der Waals surface area contributed by atoms with Crippen LogP contribution in [0, 0.1) is 10.1 Å². The Morgan fingerprint density at radius 1 is 1.43 bits per heavy atom. The molecule has 12 heteroatoms. The monoisotopic (exact) mass is 355 g/mol. The molecular weight excluding hydrogens is 346 g/mol. The maximum absolute atomic E-state index is 12.1. The lowest BCUT2D eigenvalue weighted by atomic mass is 10.4. The molecule has 21 heavy (non-hydrogen) atoms. The van der Waals surface area contributed by atoms with Crippen LogP contribution in [-0.4, -0.2) is 43.5 Å². The Bertz CT molecular complexity index is 792. The zero-order valence-corrected chi connectivity index (χ0v) is 12.8. The molecule has 9 nitrogen and oxygen atoms in total. The van der Waals surface area contributed by atoms with Gasteiger partial charge >= 0.3 is 5.69 Å². The van der Waals surface area contributed by atoms with E-state index in [1.165, 1.54) is 0 Å². The Balaban J connectivity index is 2.33. The second kappa shape index (κ2) is 5.39. The number of hydrogen-bond donors (Lipinski definition) is 1. The van der Waals surface area contributed by atoms with Gasteiger partial charge in [-0.2, -0.15) is 0 Å². The molecule has 1 aliphatic rings. The first-order chi connectivity index (χ1) is 9.61. The summed E-state index contributed by atoms with van der Waals surface area (Å²) in [6.45, 7) is 0. The van der Waals surface area contributed by atoms with Crippen molar-refractivity contribution in [2.24, 2.45) is 0 Å². The molecule has 1 aromatic rings. The lowest BCUT2D eigenvalue weighted by molar-refractivity contribution is -0.384. The predicted molar refractivity (Wildman–Crippen MR) is 75.5 cm³/mol. The molecule has 1 fully saturated rings. The van der Waals surface area contributed by atoms with Gasteiger partial charge in [-0.25, -0.2) is 21.8 Å². The molecule has 0 spiro atoms. The molecule has 0 aromatic carbocycles. The fraction of sp³-hybridized carbons (Fsp3) is 0.444. The van der Waals surface area contributed by atoms with Crippen LogP contribution in [0.1, 0.15) is 6.42 Å². The Kier molecular flexibility index (Phi) is 4.08. The van der Waals surface area contributed by atoms with Gasteiger partial charge in [-0.3, -0.25) is 14.8 Å². The van der Waals surface area contributed by atoms with Crippen molar-refractivity contribution in [1.29, 1.82) is 0 Å². The summed E-state index contributed by atoms with van der Waals surface area (Å²) in [6, 6.07) is 2.16. The fourth-order valence-electron chi connectivity index (χ4n) is 1.87. The number of nitro groups is 1. The first-order valence-corrected chi connectivity index (χ1v) is 9.38. The summed E-state index contributed by atoms with van der Waals surface area (Å²) < 4.78 is 48.8. The zero-order chi connectivity index (χ0) is 15.8. The van der Waals surface area contributed by atoms with Crippen molar-refractivity contribution < 1.29 is 21.8 Å². The van der Waals surface area contributed by atoms with E-state index in [0.29, 0.717) is 0 Å². The Morgan fingerprint density at radius 3 is 2.62 bits per heavy atom. The molecular formula is C9H10ClN3O6S2. The minimum Gasteiger partial charge on any atom is -0.261 e. The van der Waals surface area contributed by atoms with Gasteiger partial charge in [0.15, 0.2) is 9.84 Å². The summed E-state index contributed by atoms with van der Waals surface area (Å²) in [7, 11) is -7.52. The van der Waals surface area contributed by atoms with Crippen LogP contribution in [0.2, 0.25) is 5.15 Å². The molecule has 1 N–H and O–H groups in total. The van der Waals surface area contributed by atoms with E-state index in [1.807, 2.05) is 4.72 Å². The summed E-state index contributed by atoms with van der Waals surface area (Å²) >= 11 is 5.59. The molecule has 0 saturated carbocycles. The fourth-order valence-corrected chi connectivity index (χ4v) is 6.07. The highest BCUT2D eigenvalue weighted by atomic mass is 35.5. The van der Waals surface area contributed by atoms with Crippen LogP contribution in [0.15, 0.2) is 12.1 Å². The average Bonchev–Trinajstić information content (AvgIpc) is 2.69. The summed E-state index contributed by atoms with van der Waals surface area (Å²) in [6.07, 6.45) is -0.0635. The Hall–Kier alpha value is -1.46. The number of nitrogens with one attached hydrogen (secondary N) is 1. The first-order valence-electron chi connectivity index (χ1n) is 5.64. The van der Waals surface area contributed by atoms with E-state index in [9.17, 15) is 26.9 Å². The van der Waals surface area contributed by atoms with Crippen LogP contribution >= 0.6 is 11.6 Å². The van der Waals surface area contributed by atoms with Gasteiger partial charge in [0, 0.05) is 6.07 Å². The molecule has 0 bridgehead atoms. The number of anilines is 1. The maximum atomic E-state index is 12.1. The molecule has 1 atom stereocenters. The normalized spacial score (nSPS) is 21.1. The highest BCUT2D eigenvalue weighted by molar-refractivity contribution is 7.97. The van der Waals surface area contributed by atoms with Crippen molar-refractivity contribution >= 4 is 43.0 Å². The summed E-state index contributed by atoms with van der Waals surface area (Å²) in [5.41, 5.74) is -0.566. The van der Waals surface area contributed by atoms with Gasteiger partial charge in [-0.1, -0.05) is 11.6 Å². The minimum atomic E-state index is -4.11. The van der Waals surface area contributed by atoms with Crippen LogP contribution < -0.4 is 4.72 Å². The highest BCUT2D eigenvalue weighted by Gasteiger charge is 2.38. The number of pyridine rings is 1. The second-order valence-corrected chi connectivity index (χ2v) is 9.01. The van der Waals surface area contributed by atoms with Gasteiger partial charge in [0.05, 0.1) is 21.7 Å². The van der Waals surface area contributed by atoms with Crippen molar-refractivity contribution in [2.75, 3.05) is 16.2 Å². The third-order valence-electron chi connectivity index (χ3n) is 2.91. The van der Waals surface area contributed by atoms with Gasteiger partial charge in [-0.15, -0.1) is 0 Å². The summed E-state index contributed by atoms with van der Waals surface area (Å²) in [5.74, 6) is -1.28. The largest absolute Gasteiger partial charge is 0.312 e. The number of hydrogen-bond acceptors (Lipinski definition) is 7. The molecule has 1 aromatic heterocycles. The van der Waals surface area contributed by atoms with Gasteiger partial charge in [0.2, 0.25) is 15.8 Å². The molecule has 1 aliphatic heterocycles. The predicted octanol–water partition coefficient (Wildman–Crippen LogP) is 0.572. The molecule has 116 valence electrons. The van der Waals surface area contributed by atoms with Gasteiger partial charge < -0.3 is 0 Å². The molecule has 2 heterocycles. The van der Waals surface area contributed by atoms with E-state index in [1.54, 1.807) is 0 Å². The average molecular weight is 356 g/mol. The van der Waals surface area contributed by atoms with Crippen LogP contribution in [0.25, 0.3) is 0 Å². The van der Waals surface area contributed by atoms with Crippen molar-refractivity contribution in [3.8, 4) is 0 Å². The van der Waals surface area contributed by atoms with E-state index in [0.717, 1.165) is 12.1 Å². The second-order valence-electron chi connectivity index (χ2n) is 4.43. The van der Waals surface area contributed by atoms with E-state index < -0.39 is 47.3 Å². The van der Waals surface area contributed by atoms with Gasteiger partial charge in [0.25, 0.3) is 0 Å². The van der Waals surface area contributed by atoms with Crippen LogP contribution in [0.3, 0.4) is 0 Å². The smallest absolute Gasteiger partial charge is 0.261 e. The van der Waals surface area contributed by atoms with E-state index in [2.05, 4.69) is 4.98 Å². The molecule has 1 unspecified atom stereocenters. The third-order valence-corrected chi connectivity index (χ3v) is 6.85. The topological polar surface area (TPSA) is 136 Å². The molecule has 2 rings (SSSR count). The Morgan fingerprint density at radius 2 is 2.10 bits per heavy atom. The third kappa shape index (κ3) is 3.60. The van der Waals surface area contributed by atoms with Crippen molar-refractivity contribution in [1.82, 2.24) is 4.98 Å². The maximum Gasteiger partial charge on any atom is 0.312 e. The SMILES string of the molecule is O=[N+]([O-])c1ccc(Cl)nc1NS(=O)(=O)C1CCS(=O)(=O)C1. The van der Waals surface area contributed by atoms with Crippen molar-refractivity contribution in [3.05, 3.63) is 27.4 Å². The van der Waals surface area contributed by atoms with Crippen molar-refractivity contribution in [2.45, 2.75) is 11.7 Å². The lowest BCUT2D eigenvalue weighted by Crippen LogP contribution is -2.29. The molecule has 1 saturated heterocycles. The number of aromatic nitrogens is 1. The molecule has 0 aliphatic carbocycles. The number of sulfone groups is 1. The molecule has 0 amide bonds. The number of rotatable bonds is 4. The van der Waals surface area contributed by atoms with E-state index in [-0.39, 0.29) is 17.3 Å². The van der Waals surface area contributed by atoms with Gasteiger partial charge in [0.1, 0.15) is 5.15 Å².